The predicted octanol–water partition coefficient (Wildman–Crippen LogP) is 3.64. The molecule has 0 radical (unpaired) electrons. The number of imidazole rings is 1. The summed E-state index contributed by atoms with van der Waals surface area (Å²) in [6.07, 6.45) is 1.80. The fourth-order valence-electron chi connectivity index (χ4n) is 2.54. The monoisotopic (exact) mass is 386 g/mol. The number of aliphatic hydroxyl groups excluding tert-OH is 1. The summed E-state index contributed by atoms with van der Waals surface area (Å²) >= 11 is 1.53. The molecule has 0 aliphatic rings. The summed E-state index contributed by atoms with van der Waals surface area (Å²) in [6.45, 7) is 0.398. The first-order chi connectivity index (χ1) is 13.1. The first-order valence-corrected chi connectivity index (χ1v) is 9.29. The average Bonchev–Trinajstić information content (AvgIpc) is 3.09. The van der Waals surface area contributed by atoms with Crippen molar-refractivity contribution in [3.05, 3.63) is 82.9 Å². The summed E-state index contributed by atoms with van der Waals surface area (Å²) in [5, 5.41) is 10.2. The Morgan fingerprint density at radius 1 is 1.15 bits per heavy atom. The van der Waals surface area contributed by atoms with Crippen molar-refractivity contribution in [2.45, 2.75) is 24.1 Å². The zero-order valence-electron chi connectivity index (χ0n) is 14.8. The SMILES string of the molecule is COC(=O)c1ccc(CSc2nc(CO)cn2Cc2ccc(F)cc2)cc1. The van der Waals surface area contributed by atoms with Gasteiger partial charge >= 0.3 is 5.97 Å². The Morgan fingerprint density at radius 2 is 1.81 bits per heavy atom. The Labute approximate surface area is 160 Å². The number of aliphatic hydroxyl groups is 1. The molecule has 0 unspecified atom stereocenters. The highest BCUT2D eigenvalue weighted by atomic mass is 32.2. The Morgan fingerprint density at radius 3 is 2.44 bits per heavy atom. The van der Waals surface area contributed by atoms with Gasteiger partial charge in [-0.15, -0.1) is 0 Å². The van der Waals surface area contributed by atoms with Crippen molar-refractivity contribution >= 4 is 17.7 Å². The van der Waals surface area contributed by atoms with Crippen LogP contribution < -0.4 is 0 Å². The smallest absolute Gasteiger partial charge is 0.337 e. The number of hydrogen-bond donors (Lipinski definition) is 1. The number of methoxy groups -OCH3 is 1. The van der Waals surface area contributed by atoms with Gasteiger partial charge < -0.3 is 14.4 Å². The van der Waals surface area contributed by atoms with Crippen LogP contribution in [0.15, 0.2) is 59.9 Å². The summed E-state index contributed by atoms with van der Waals surface area (Å²) in [7, 11) is 1.35. The lowest BCUT2D eigenvalue weighted by Crippen LogP contribution is -2.01. The maximum atomic E-state index is 13.1. The van der Waals surface area contributed by atoms with Gasteiger partial charge in [0.15, 0.2) is 5.16 Å². The fraction of sp³-hybridized carbons (Fsp3) is 0.200. The molecule has 1 aromatic heterocycles. The molecule has 7 heteroatoms. The molecule has 0 fully saturated rings. The fourth-order valence-corrected chi connectivity index (χ4v) is 3.50. The maximum absolute atomic E-state index is 13.1. The van der Waals surface area contributed by atoms with Gasteiger partial charge in [0.2, 0.25) is 0 Å². The van der Waals surface area contributed by atoms with E-state index in [-0.39, 0.29) is 18.4 Å². The van der Waals surface area contributed by atoms with E-state index in [1.54, 1.807) is 30.5 Å². The van der Waals surface area contributed by atoms with E-state index in [0.717, 1.165) is 16.3 Å². The van der Waals surface area contributed by atoms with Crippen molar-refractivity contribution < 1.29 is 19.0 Å². The van der Waals surface area contributed by atoms with Gasteiger partial charge in [0.1, 0.15) is 5.82 Å². The molecule has 0 aliphatic heterocycles. The largest absolute Gasteiger partial charge is 0.465 e. The predicted molar refractivity (Wildman–Crippen MR) is 101 cm³/mol. The van der Waals surface area contributed by atoms with Crippen molar-refractivity contribution in [1.29, 1.82) is 0 Å². The van der Waals surface area contributed by atoms with E-state index in [4.69, 9.17) is 4.74 Å². The van der Waals surface area contributed by atoms with Gasteiger partial charge in [-0.25, -0.2) is 14.2 Å². The van der Waals surface area contributed by atoms with E-state index in [1.807, 2.05) is 16.7 Å². The normalized spacial score (nSPS) is 10.8. The summed E-state index contributed by atoms with van der Waals surface area (Å²) < 4.78 is 19.7. The maximum Gasteiger partial charge on any atom is 0.337 e. The molecule has 0 saturated heterocycles. The highest BCUT2D eigenvalue weighted by Crippen LogP contribution is 2.24. The Hall–Kier alpha value is -2.64. The molecule has 1 N–H and O–H groups in total. The van der Waals surface area contributed by atoms with Gasteiger partial charge in [-0.05, 0) is 35.4 Å². The highest BCUT2D eigenvalue weighted by molar-refractivity contribution is 7.98. The number of halogens is 1. The summed E-state index contributed by atoms with van der Waals surface area (Å²) in [4.78, 5) is 15.9. The van der Waals surface area contributed by atoms with Crippen molar-refractivity contribution in [1.82, 2.24) is 9.55 Å². The lowest BCUT2D eigenvalue weighted by molar-refractivity contribution is 0.0600. The van der Waals surface area contributed by atoms with Crippen molar-refractivity contribution in [3.63, 3.8) is 0 Å². The van der Waals surface area contributed by atoms with E-state index >= 15 is 0 Å². The standard InChI is InChI=1S/C20H19FN2O3S/c1-26-19(25)16-6-2-15(3-7-16)13-27-20-22-18(12-24)11-23(20)10-14-4-8-17(21)9-5-14/h2-9,11,24H,10,12-13H2,1H3. The lowest BCUT2D eigenvalue weighted by atomic mass is 10.1. The van der Waals surface area contributed by atoms with Crippen LogP contribution in [0.4, 0.5) is 4.39 Å². The Kier molecular flexibility index (Phi) is 6.26. The topological polar surface area (TPSA) is 64.3 Å². The van der Waals surface area contributed by atoms with Gasteiger partial charge in [0, 0.05) is 18.5 Å². The number of esters is 1. The second kappa shape index (κ2) is 8.83. The lowest BCUT2D eigenvalue weighted by Gasteiger charge is -2.08. The van der Waals surface area contributed by atoms with Crippen LogP contribution in [-0.4, -0.2) is 27.7 Å². The zero-order chi connectivity index (χ0) is 19.2. The quantitative estimate of drug-likeness (QED) is 0.496. The number of thioether (sulfide) groups is 1. The minimum atomic E-state index is -0.364. The molecule has 0 aliphatic carbocycles. The van der Waals surface area contributed by atoms with Crippen LogP contribution in [0.5, 0.6) is 0 Å². The number of rotatable bonds is 7. The minimum absolute atomic E-state index is 0.141. The third-order valence-electron chi connectivity index (χ3n) is 3.96. The van der Waals surface area contributed by atoms with Gasteiger partial charge in [-0.1, -0.05) is 36.0 Å². The van der Waals surface area contributed by atoms with Gasteiger partial charge in [-0.2, -0.15) is 0 Å². The van der Waals surface area contributed by atoms with Gasteiger partial charge in [0.25, 0.3) is 0 Å². The minimum Gasteiger partial charge on any atom is -0.465 e. The Balaban J connectivity index is 1.71. The molecular weight excluding hydrogens is 367 g/mol. The molecule has 0 atom stereocenters. The third kappa shape index (κ3) is 4.96. The van der Waals surface area contributed by atoms with Gasteiger partial charge in [0.05, 0.1) is 25.0 Å². The number of hydrogen-bond acceptors (Lipinski definition) is 5. The second-order valence-corrected chi connectivity index (χ2v) is 6.85. The number of nitrogens with zero attached hydrogens (tertiary/aromatic N) is 2. The third-order valence-corrected chi connectivity index (χ3v) is 5.02. The number of carbonyl (C=O) groups is 1. The number of benzene rings is 2. The molecule has 2 aromatic carbocycles. The van der Waals surface area contributed by atoms with Crippen molar-refractivity contribution in [3.8, 4) is 0 Å². The van der Waals surface area contributed by atoms with E-state index in [9.17, 15) is 14.3 Å². The number of ether oxygens (including phenoxy) is 1. The summed E-state index contributed by atoms with van der Waals surface area (Å²) in [5.74, 6) is 0.0225. The van der Waals surface area contributed by atoms with Crippen LogP contribution in [0, 0.1) is 5.82 Å². The molecular formula is C20H19FN2O3S. The molecule has 27 heavy (non-hydrogen) atoms. The molecule has 0 spiro atoms. The zero-order valence-corrected chi connectivity index (χ0v) is 15.6. The summed E-state index contributed by atoms with van der Waals surface area (Å²) in [5.41, 5.74) is 3.07. The van der Waals surface area contributed by atoms with Crippen molar-refractivity contribution in [2.24, 2.45) is 0 Å². The van der Waals surface area contributed by atoms with Crippen molar-refractivity contribution in [2.75, 3.05) is 7.11 Å². The highest BCUT2D eigenvalue weighted by Gasteiger charge is 2.10. The number of carbonyl (C=O) groups excluding carboxylic acids is 1. The first kappa shape index (κ1) is 19.1. The molecule has 0 bridgehead atoms. The van der Waals surface area contributed by atoms with E-state index in [2.05, 4.69) is 4.98 Å². The van der Waals surface area contributed by atoms with Crippen LogP contribution in [0.1, 0.15) is 27.2 Å². The molecule has 0 saturated carbocycles. The molecule has 3 rings (SSSR count). The Bertz CT molecular complexity index is 908. The molecule has 140 valence electrons. The molecule has 0 amide bonds. The first-order valence-electron chi connectivity index (χ1n) is 8.30. The molecule has 1 heterocycles. The van der Waals surface area contributed by atoms with Crippen LogP contribution in [0.2, 0.25) is 0 Å². The average molecular weight is 386 g/mol. The second-order valence-electron chi connectivity index (χ2n) is 5.90. The van der Waals surface area contributed by atoms with Crippen LogP contribution in [0.25, 0.3) is 0 Å². The van der Waals surface area contributed by atoms with Crippen LogP contribution >= 0.6 is 11.8 Å². The van der Waals surface area contributed by atoms with Crippen LogP contribution in [-0.2, 0) is 23.6 Å². The van der Waals surface area contributed by atoms with E-state index < -0.39 is 0 Å². The molecule has 5 nitrogen and oxygen atoms in total. The van der Waals surface area contributed by atoms with E-state index in [1.165, 1.54) is 31.0 Å². The number of aromatic nitrogens is 2. The van der Waals surface area contributed by atoms with E-state index in [0.29, 0.717) is 23.6 Å². The molecule has 3 aromatic rings. The van der Waals surface area contributed by atoms with Gasteiger partial charge in [-0.3, -0.25) is 0 Å². The summed E-state index contributed by atoms with van der Waals surface area (Å²) in [6, 6.07) is 13.5. The van der Waals surface area contributed by atoms with Crippen LogP contribution in [0.3, 0.4) is 0 Å².